The van der Waals surface area contributed by atoms with Crippen molar-refractivity contribution in [2.75, 3.05) is 13.2 Å². The van der Waals surface area contributed by atoms with Crippen molar-refractivity contribution in [1.29, 1.82) is 0 Å². The number of halogens is 3. The molecule has 2 aromatic carbocycles. The first-order chi connectivity index (χ1) is 15.8. The Kier molecular flexibility index (Phi) is 8.89. The fourth-order valence-corrected chi connectivity index (χ4v) is 4.43. The Balaban J connectivity index is 2.18. The molecule has 3 aromatic rings. The summed E-state index contributed by atoms with van der Waals surface area (Å²) in [5, 5.41) is 5.06. The highest BCUT2D eigenvalue weighted by molar-refractivity contribution is 9.13. The number of benzene rings is 2. The molecule has 0 radical (unpaired) electrons. The quantitative estimate of drug-likeness (QED) is 0.186. The highest BCUT2D eigenvalue weighted by Crippen LogP contribution is 2.42. The summed E-state index contributed by atoms with van der Waals surface area (Å²) < 4.78 is 15.2. The van der Waals surface area contributed by atoms with Crippen molar-refractivity contribution in [2.24, 2.45) is 5.10 Å². The van der Waals surface area contributed by atoms with E-state index in [1.54, 1.807) is 18.4 Å². The minimum Gasteiger partial charge on any atom is -0.490 e. The van der Waals surface area contributed by atoms with E-state index in [9.17, 15) is 4.79 Å². The van der Waals surface area contributed by atoms with Crippen LogP contribution in [-0.2, 0) is 0 Å². The number of aromatic nitrogens is 2. The highest BCUT2D eigenvalue weighted by atomic mass is 79.9. The lowest BCUT2D eigenvalue weighted by molar-refractivity contribution is 0.295. The van der Waals surface area contributed by atoms with Crippen molar-refractivity contribution >= 4 is 64.9 Å². The van der Waals surface area contributed by atoms with E-state index in [-0.39, 0.29) is 11.5 Å². The van der Waals surface area contributed by atoms with Gasteiger partial charge in [-0.3, -0.25) is 4.79 Å². The Bertz CT molecular complexity index is 1270. The predicted molar refractivity (Wildman–Crippen MR) is 144 cm³/mol. The van der Waals surface area contributed by atoms with Crippen LogP contribution in [0.15, 0.2) is 60.2 Å². The van der Waals surface area contributed by atoms with Gasteiger partial charge in [0.05, 0.1) is 28.2 Å². The van der Waals surface area contributed by atoms with Crippen LogP contribution in [0.3, 0.4) is 0 Å². The zero-order valence-electron chi connectivity index (χ0n) is 18.6. The lowest BCUT2D eigenvalue weighted by Gasteiger charge is -2.16. The van der Waals surface area contributed by atoms with Crippen LogP contribution in [0.1, 0.15) is 44.5 Å². The summed E-state index contributed by atoms with van der Waals surface area (Å²) in [6.07, 6.45) is 4.11. The second-order valence-electron chi connectivity index (χ2n) is 7.26. The van der Waals surface area contributed by atoms with Gasteiger partial charge in [-0.1, -0.05) is 42.4 Å². The molecule has 0 fully saturated rings. The van der Waals surface area contributed by atoms with E-state index in [4.69, 9.17) is 14.5 Å². The van der Waals surface area contributed by atoms with Gasteiger partial charge >= 0.3 is 0 Å². The van der Waals surface area contributed by atoms with Crippen LogP contribution in [0.5, 0.6) is 11.5 Å². The van der Waals surface area contributed by atoms with Crippen molar-refractivity contribution in [2.45, 2.75) is 33.1 Å². The fraction of sp³-hybridized carbons (Fsp3) is 0.292. The molecule has 0 aliphatic rings. The summed E-state index contributed by atoms with van der Waals surface area (Å²) in [4.78, 5) is 18.1. The Hall–Kier alpha value is -1.97. The molecule has 0 aliphatic carbocycles. The van der Waals surface area contributed by atoms with E-state index in [0.717, 1.165) is 15.4 Å². The van der Waals surface area contributed by atoms with Crippen molar-refractivity contribution in [3.63, 3.8) is 0 Å². The molecule has 0 N–H and O–H groups in total. The first kappa shape index (κ1) is 25.6. The average Bonchev–Trinajstić information content (AvgIpc) is 2.81. The summed E-state index contributed by atoms with van der Waals surface area (Å²) in [5.41, 5.74) is 1.14. The zero-order chi connectivity index (χ0) is 24.1. The molecule has 0 amide bonds. The van der Waals surface area contributed by atoms with Gasteiger partial charge in [-0.05, 0) is 69.5 Å². The Morgan fingerprint density at radius 1 is 1.18 bits per heavy atom. The third-order valence-electron chi connectivity index (χ3n) is 5.00. The van der Waals surface area contributed by atoms with E-state index < -0.39 is 0 Å². The van der Waals surface area contributed by atoms with Crippen LogP contribution < -0.4 is 15.0 Å². The molecule has 6 nitrogen and oxygen atoms in total. The first-order valence-electron chi connectivity index (χ1n) is 10.5. The molecule has 0 bridgehead atoms. The van der Waals surface area contributed by atoms with Gasteiger partial charge in [0.2, 0.25) is 0 Å². The number of hydrogen-bond acceptors (Lipinski definition) is 5. The predicted octanol–water partition coefficient (Wildman–Crippen LogP) is 7.04. The third kappa shape index (κ3) is 5.58. The van der Waals surface area contributed by atoms with Crippen LogP contribution in [0.4, 0.5) is 0 Å². The van der Waals surface area contributed by atoms with Crippen LogP contribution in [0.25, 0.3) is 10.9 Å². The van der Waals surface area contributed by atoms with Gasteiger partial charge in [0.1, 0.15) is 12.4 Å². The van der Waals surface area contributed by atoms with Gasteiger partial charge in [-0.25, -0.2) is 4.98 Å². The van der Waals surface area contributed by atoms with Gasteiger partial charge in [-0.15, -0.1) is 0 Å². The van der Waals surface area contributed by atoms with E-state index in [1.807, 2.05) is 32.0 Å². The average molecular weight is 642 g/mol. The lowest BCUT2D eigenvalue weighted by atomic mass is 10.1. The van der Waals surface area contributed by atoms with Gasteiger partial charge < -0.3 is 9.47 Å². The zero-order valence-corrected chi connectivity index (χ0v) is 23.3. The molecule has 0 aliphatic heterocycles. The second kappa shape index (κ2) is 11.4. The normalized spacial score (nSPS) is 12.3. The monoisotopic (exact) mass is 639 g/mol. The van der Waals surface area contributed by atoms with E-state index >= 15 is 0 Å². The molecule has 0 unspecified atom stereocenters. The smallest absolute Gasteiger partial charge is 0.282 e. The first-order valence-corrected chi connectivity index (χ1v) is 12.8. The number of ether oxygens (including phenoxy) is 2. The van der Waals surface area contributed by atoms with E-state index in [0.29, 0.717) is 51.5 Å². The van der Waals surface area contributed by atoms with Crippen LogP contribution in [0, 0.1) is 0 Å². The van der Waals surface area contributed by atoms with Crippen LogP contribution in [-0.4, -0.2) is 29.1 Å². The number of fused-ring (bicyclic) bond motifs is 1. The fourth-order valence-electron chi connectivity index (χ4n) is 3.14. The summed E-state index contributed by atoms with van der Waals surface area (Å²) in [6, 6.07) is 7.30. The van der Waals surface area contributed by atoms with Crippen LogP contribution in [0.2, 0.25) is 0 Å². The van der Waals surface area contributed by atoms with Crippen molar-refractivity contribution < 1.29 is 9.47 Å². The van der Waals surface area contributed by atoms with E-state index in [2.05, 4.69) is 66.4 Å². The standard InChI is InChI=1S/C24H24Br3N3O3/c1-5-10-33-22-19(32-7-3)11-15(20(26)21(22)27)13-28-30-23(14(4)6-2)29-18-9-8-16(25)12-17(18)24(30)31/h5,8-9,11-14H,1,6-7,10H2,2-4H3/t14-/m0/s1. The SMILES string of the molecule is C=CCOc1c(OCC)cc(C=Nn2c([C@@H](C)CC)nc3ccc(Br)cc3c2=O)c(Br)c1Br. The summed E-state index contributed by atoms with van der Waals surface area (Å²) >= 11 is 10.6. The summed E-state index contributed by atoms with van der Waals surface area (Å²) in [6.45, 7) is 10.5. The van der Waals surface area contributed by atoms with Gasteiger partial charge in [-0.2, -0.15) is 9.78 Å². The molecular weight excluding hydrogens is 618 g/mol. The van der Waals surface area contributed by atoms with E-state index in [1.165, 1.54) is 4.68 Å². The largest absolute Gasteiger partial charge is 0.490 e. The third-order valence-corrected chi connectivity index (χ3v) is 7.64. The molecule has 1 aromatic heterocycles. The van der Waals surface area contributed by atoms with Gasteiger partial charge in [0.15, 0.2) is 11.5 Å². The van der Waals surface area contributed by atoms with Crippen molar-refractivity contribution in [3.05, 3.63) is 72.1 Å². The molecule has 0 spiro atoms. The minimum absolute atomic E-state index is 0.0479. The number of nitrogens with zero attached hydrogens (tertiary/aromatic N) is 3. The Morgan fingerprint density at radius 3 is 2.61 bits per heavy atom. The topological polar surface area (TPSA) is 65.7 Å². The molecule has 1 heterocycles. The molecule has 9 heteroatoms. The maximum absolute atomic E-state index is 13.4. The highest BCUT2D eigenvalue weighted by Gasteiger charge is 2.18. The maximum Gasteiger partial charge on any atom is 0.282 e. The Morgan fingerprint density at radius 2 is 1.94 bits per heavy atom. The van der Waals surface area contributed by atoms with Crippen molar-refractivity contribution in [1.82, 2.24) is 9.66 Å². The Labute approximate surface area is 218 Å². The van der Waals surface area contributed by atoms with Gasteiger partial charge in [0.25, 0.3) is 5.56 Å². The molecule has 33 heavy (non-hydrogen) atoms. The summed E-state index contributed by atoms with van der Waals surface area (Å²) in [5.74, 6) is 1.79. The van der Waals surface area contributed by atoms with Crippen molar-refractivity contribution in [3.8, 4) is 11.5 Å². The molecule has 1 atom stereocenters. The molecule has 0 saturated heterocycles. The second-order valence-corrected chi connectivity index (χ2v) is 9.76. The van der Waals surface area contributed by atoms with Crippen LogP contribution >= 0.6 is 47.8 Å². The maximum atomic E-state index is 13.4. The molecular formula is C24H24Br3N3O3. The molecule has 0 saturated carbocycles. The number of rotatable bonds is 9. The minimum atomic E-state index is -0.223. The lowest BCUT2D eigenvalue weighted by Crippen LogP contribution is -2.23. The summed E-state index contributed by atoms with van der Waals surface area (Å²) in [7, 11) is 0. The molecule has 3 rings (SSSR count). The number of hydrogen-bond donors (Lipinski definition) is 0. The van der Waals surface area contributed by atoms with Gasteiger partial charge in [0, 0.05) is 20.4 Å². The molecule has 174 valence electrons.